The molecule has 3 aromatic rings. The molecule has 0 saturated carbocycles. The second-order valence-electron chi connectivity index (χ2n) is 5.34. The second-order valence-corrected chi connectivity index (χ2v) is 7.20. The lowest BCUT2D eigenvalue weighted by atomic mass is 10.0. The number of sulfone groups is 1. The molecule has 0 fully saturated rings. The van der Waals surface area contributed by atoms with E-state index < -0.39 is 14.8 Å². The average Bonchev–Trinajstić information content (AvgIpc) is 2.84. The first-order chi connectivity index (χ1) is 11.5. The fourth-order valence-corrected chi connectivity index (χ4v) is 4.80. The number of aromatic nitrogens is 1. The number of nitrogens with zero attached hydrogens (tertiary/aromatic N) is 2. The molecule has 0 bridgehead atoms. The van der Waals surface area contributed by atoms with Crippen LogP contribution in [0.25, 0.3) is 22.4 Å². The third kappa shape index (κ3) is 1.95. The number of hydrogen-bond donors (Lipinski definition) is 0. The van der Waals surface area contributed by atoms with E-state index in [9.17, 15) is 18.5 Å². The predicted octanol–water partition coefficient (Wildman–Crippen LogP) is 3.47. The Balaban J connectivity index is 1.98. The molecule has 4 rings (SSSR count). The number of hydrogen-bond acceptors (Lipinski definition) is 5. The van der Waals surface area contributed by atoms with E-state index in [0.29, 0.717) is 22.4 Å². The Kier molecular flexibility index (Phi) is 3.01. The molecule has 1 aliphatic heterocycles. The molecule has 0 spiro atoms. The van der Waals surface area contributed by atoms with Crippen LogP contribution in [0, 0.1) is 10.1 Å². The monoisotopic (exact) mass is 338 g/mol. The standard InChI is InChI=1S/C17H10N2O4S/c20-19(21)11-8-9-15(18-10-11)14-6-3-5-13-12-4-1-2-7-16(12)24(22,23)17(13)14/h1-10H. The summed E-state index contributed by atoms with van der Waals surface area (Å²) in [6, 6.07) is 14.8. The number of nitro groups is 1. The average molecular weight is 338 g/mol. The first-order valence-electron chi connectivity index (χ1n) is 7.08. The lowest BCUT2D eigenvalue weighted by molar-refractivity contribution is -0.385. The van der Waals surface area contributed by atoms with Gasteiger partial charge in [0.15, 0.2) is 0 Å². The molecule has 1 aliphatic rings. The molecule has 0 aliphatic carbocycles. The minimum absolute atomic E-state index is 0.141. The van der Waals surface area contributed by atoms with Crippen molar-refractivity contribution in [2.75, 3.05) is 0 Å². The number of rotatable bonds is 2. The Morgan fingerprint density at radius 3 is 2.29 bits per heavy atom. The van der Waals surface area contributed by atoms with E-state index in [1.54, 1.807) is 42.5 Å². The van der Waals surface area contributed by atoms with Gasteiger partial charge in [-0.1, -0.05) is 36.4 Å². The summed E-state index contributed by atoms with van der Waals surface area (Å²) in [6.45, 7) is 0. The van der Waals surface area contributed by atoms with Gasteiger partial charge in [0.05, 0.1) is 20.4 Å². The van der Waals surface area contributed by atoms with Crippen molar-refractivity contribution in [1.82, 2.24) is 4.98 Å². The molecule has 0 amide bonds. The van der Waals surface area contributed by atoms with Crippen molar-refractivity contribution in [3.63, 3.8) is 0 Å². The maximum atomic E-state index is 12.9. The molecule has 0 saturated heterocycles. The van der Waals surface area contributed by atoms with Gasteiger partial charge in [-0.25, -0.2) is 13.4 Å². The van der Waals surface area contributed by atoms with Crippen LogP contribution in [0.3, 0.4) is 0 Å². The number of benzene rings is 2. The van der Waals surface area contributed by atoms with Gasteiger partial charge >= 0.3 is 0 Å². The summed E-state index contributed by atoms with van der Waals surface area (Å²) in [5.41, 5.74) is 1.98. The molecule has 0 unspecified atom stereocenters. The largest absolute Gasteiger partial charge is 0.287 e. The molecule has 24 heavy (non-hydrogen) atoms. The van der Waals surface area contributed by atoms with Crippen LogP contribution in [0.15, 0.2) is 70.6 Å². The fraction of sp³-hybridized carbons (Fsp3) is 0. The maximum absolute atomic E-state index is 12.9. The molecular formula is C17H10N2O4S. The summed E-state index contributed by atoms with van der Waals surface area (Å²) in [7, 11) is -3.64. The fourth-order valence-electron chi connectivity index (χ4n) is 2.93. The van der Waals surface area contributed by atoms with E-state index in [1.807, 2.05) is 0 Å². The molecule has 118 valence electrons. The zero-order valence-corrected chi connectivity index (χ0v) is 13.0. The lowest BCUT2D eigenvalue weighted by Crippen LogP contribution is -2.00. The van der Waals surface area contributed by atoms with Gasteiger partial charge in [-0.15, -0.1) is 0 Å². The first-order valence-corrected chi connectivity index (χ1v) is 8.57. The minimum atomic E-state index is -3.64. The zero-order valence-electron chi connectivity index (χ0n) is 12.2. The smallest absolute Gasteiger partial charge is 0.258 e. The molecule has 0 atom stereocenters. The van der Waals surface area contributed by atoms with Gasteiger partial charge in [0.25, 0.3) is 5.69 Å². The van der Waals surface area contributed by atoms with E-state index >= 15 is 0 Å². The summed E-state index contributed by atoms with van der Waals surface area (Å²) in [4.78, 5) is 14.8. The summed E-state index contributed by atoms with van der Waals surface area (Å²) in [6.07, 6.45) is 1.13. The SMILES string of the molecule is O=[N+]([O-])c1ccc(-c2cccc3c2S(=O)(=O)c2ccccc2-3)nc1. The van der Waals surface area contributed by atoms with Gasteiger partial charge in [-0.2, -0.15) is 0 Å². The molecule has 6 nitrogen and oxygen atoms in total. The van der Waals surface area contributed by atoms with Gasteiger partial charge < -0.3 is 0 Å². The Hall–Kier alpha value is -3.06. The Labute approximate surface area is 137 Å². The van der Waals surface area contributed by atoms with E-state index in [4.69, 9.17) is 0 Å². The van der Waals surface area contributed by atoms with Gasteiger partial charge in [0, 0.05) is 22.8 Å². The van der Waals surface area contributed by atoms with Crippen LogP contribution in [0.5, 0.6) is 0 Å². The normalized spacial score (nSPS) is 14.0. The highest BCUT2D eigenvalue weighted by Crippen LogP contribution is 2.46. The molecule has 2 aromatic carbocycles. The van der Waals surface area contributed by atoms with Crippen molar-refractivity contribution in [2.24, 2.45) is 0 Å². The van der Waals surface area contributed by atoms with Gasteiger partial charge in [-0.3, -0.25) is 10.1 Å². The summed E-state index contributed by atoms with van der Waals surface area (Å²) in [5.74, 6) is 0. The number of pyridine rings is 1. The molecular weight excluding hydrogens is 328 g/mol. The maximum Gasteiger partial charge on any atom is 0.287 e. The van der Waals surface area contributed by atoms with E-state index in [-0.39, 0.29) is 15.5 Å². The van der Waals surface area contributed by atoms with E-state index in [2.05, 4.69) is 4.98 Å². The van der Waals surface area contributed by atoms with Crippen LogP contribution in [-0.4, -0.2) is 18.3 Å². The highest BCUT2D eigenvalue weighted by atomic mass is 32.2. The third-order valence-electron chi connectivity index (χ3n) is 3.99. The van der Waals surface area contributed by atoms with Crippen LogP contribution >= 0.6 is 0 Å². The van der Waals surface area contributed by atoms with Crippen molar-refractivity contribution in [1.29, 1.82) is 0 Å². The van der Waals surface area contributed by atoms with E-state index in [0.717, 1.165) is 6.20 Å². The van der Waals surface area contributed by atoms with Crippen LogP contribution in [-0.2, 0) is 9.84 Å². The molecule has 1 aromatic heterocycles. The van der Waals surface area contributed by atoms with Crippen LogP contribution in [0.4, 0.5) is 5.69 Å². The summed E-state index contributed by atoms with van der Waals surface area (Å²) < 4.78 is 25.8. The van der Waals surface area contributed by atoms with E-state index in [1.165, 1.54) is 12.1 Å². The zero-order chi connectivity index (χ0) is 16.9. The van der Waals surface area contributed by atoms with Crippen molar-refractivity contribution >= 4 is 15.5 Å². The summed E-state index contributed by atoms with van der Waals surface area (Å²) >= 11 is 0. The van der Waals surface area contributed by atoms with Crippen molar-refractivity contribution in [2.45, 2.75) is 9.79 Å². The molecule has 7 heteroatoms. The van der Waals surface area contributed by atoms with Crippen LogP contribution < -0.4 is 0 Å². The quantitative estimate of drug-likeness (QED) is 0.412. The molecule has 0 N–H and O–H groups in total. The van der Waals surface area contributed by atoms with Crippen LogP contribution in [0.2, 0.25) is 0 Å². The third-order valence-corrected chi connectivity index (χ3v) is 5.90. The van der Waals surface area contributed by atoms with Crippen molar-refractivity contribution in [3.05, 3.63) is 70.9 Å². The first kappa shape index (κ1) is 14.5. The van der Waals surface area contributed by atoms with Gasteiger partial charge in [0.2, 0.25) is 9.84 Å². The second kappa shape index (κ2) is 4.97. The predicted molar refractivity (Wildman–Crippen MR) is 87.2 cm³/mol. The van der Waals surface area contributed by atoms with Gasteiger partial charge in [0.1, 0.15) is 6.20 Å². The molecule has 2 heterocycles. The Bertz CT molecular complexity index is 1090. The van der Waals surface area contributed by atoms with Crippen molar-refractivity contribution in [3.8, 4) is 22.4 Å². The lowest BCUT2D eigenvalue weighted by Gasteiger charge is -2.07. The van der Waals surface area contributed by atoms with Gasteiger partial charge in [-0.05, 0) is 12.1 Å². The Morgan fingerprint density at radius 2 is 1.58 bits per heavy atom. The topological polar surface area (TPSA) is 90.2 Å². The molecule has 0 radical (unpaired) electrons. The van der Waals surface area contributed by atoms with Crippen molar-refractivity contribution < 1.29 is 13.3 Å². The minimum Gasteiger partial charge on any atom is -0.258 e. The summed E-state index contributed by atoms with van der Waals surface area (Å²) in [5, 5.41) is 10.8. The Morgan fingerprint density at radius 1 is 0.875 bits per heavy atom. The highest BCUT2D eigenvalue weighted by molar-refractivity contribution is 7.92. The van der Waals surface area contributed by atoms with Crippen LogP contribution in [0.1, 0.15) is 0 Å². The number of fused-ring (bicyclic) bond motifs is 3. The highest BCUT2D eigenvalue weighted by Gasteiger charge is 2.35.